The van der Waals surface area contributed by atoms with Crippen LogP contribution in [0, 0.1) is 0 Å². The smallest absolute Gasteiger partial charge is 0.320 e. The number of hydrogen-bond donors (Lipinski definition) is 4. The van der Waals surface area contributed by atoms with Gasteiger partial charge in [-0.25, -0.2) is 0 Å². The second-order valence-electron chi connectivity index (χ2n) is 3.05. The molecule has 0 bridgehead atoms. The standard InChI is InChI=1S/C9H18N2O3/c1-2-5-11-8(9(13)14)4-3-7(12)6-10/h2,7-8,11-12H,1,3-6,10H2,(H,13,14)/t7-,8+/m1/s1. The van der Waals surface area contributed by atoms with E-state index in [1.807, 2.05) is 0 Å². The van der Waals surface area contributed by atoms with Gasteiger partial charge in [-0.1, -0.05) is 6.08 Å². The van der Waals surface area contributed by atoms with Gasteiger partial charge in [0, 0.05) is 13.1 Å². The van der Waals surface area contributed by atoms with Crippen molar-refractivity contribution in [3.63, 3.8) is 0 Å². The first kappa shape index (κ1) is 13.1. The Morgan fingerprint density at radius 3 is 2.64 bits per heavy atom. The summed E-state index contributed by atoms with van der Waals surface area (Å²) >= 11 is 0. The van der Waals surface area contributed by atoms with Crippen molar-refractivity contribution in [3.8, 4) is 0 Å². The van der Waals surface area contributed by atoms with Crippen LogP contribution in [0.3, 0.4) is 0 Å². The van der Waals surface area contributed by atoms with Gasteiger partial charge in [0.2, 0.25) is 0 Å². The molecule has 0 rings (SSSR count). The lowest BCUT2D eigenvalue weighted by atomic mass is 10.1. The predicted octanol–water partition coefficient (Wildman–Crippen LogP) is -0.685. The van der Waals surface area contributed by atoms with Crippen molar-refractivity contribution in [2.24, 2.45) is 5.73 Å². The zero-order chi connectivity index (χ0) is 11.0. The molecular formula is C9H18N2O3. The molecule has 5 nitrogen and oxygen atoms in total. The highest BCUT2D eigenvalue weighted by Crippen LogP contribution is 2.01. The largest absolute Gasteiger partial charge is 0.480 e. The first-order chi connectivity index (χ1) is 6.61. The van der Waals surface area contributed by atoms with E-state index in [0.29, 0.717) is 19.4 Å². The van der Waals surface area contributed by atoms with Crippen LogP contribution in [0.5, 0.6) is 0 Å². The first-order valence-corrected chi connectivity index (χ1v) is 4.57. The molecule has 14 heavy (non-hydrogen) atoms. The lowest BCUT2D eigenvalue weighted by molar-refractivity contribution is -0.139. The number of aliphatic hydroxyl groups is 1. The van der Waals surface area contributed by atoms with E-state index < -0.39 is 18.1 Å². The first-order valence-electron chi connectivity index (χ1n) is 4.57. The van der Waals surface area contributed by atoms with Crippen LogP contribution in [0.1, 0.15) is 12.8 Å². The Hall–Kier alpha value is -0.910. The second kappa shape index (κ2) is 7.49. The van der Waals surface area contributed by atoms with Crippen molar-refractivity contribution in [2.45, 2.75) is 25.0 Å². The van der Waals surface area contributed by atoms with Gasteiger partial charge in [0.1, 0.15) is 6.04 Å². The Morgan fingerprint density at radius 2 is 2.21 bits per heavy atom. The number of carbonyl (C=O) groups is 1. The zero-order valence-corrected chi connectivity index (χ0v) is 8.15. The molecule has 5 N–H and O–H groups in total. The van der Waals surface area contributed by atoms with E-state index in [4.69, 9.17) is 15.9 Å². The minimum atomic E-state index is -0.920. The van der Waals surface area contributed by atoms with Gasteiger partial charge in [-0.2, -0.15) is 0 Å². The van der Waals surface area contributed by atoms with Crippen LogP contribution in [-0.2, 0) is 4.79 Å². The highest BCUT2D eigenvalue weighted by Gasteiger charge is 2.16. The zero-order valence-electron chi connectivity index (χ0n) is 8.15. The molecule has 0 aliphatic carbocycles. The van der Waals surface area contributed by atoms with Gasteiger partial charge in [0.25, 0.3) is 0 Å². The Morgan fingerprint density at radius 1 is 1.57 bits per heavy atom. The fourth-order valence-corrected chi connectivity index (χ4v) is 1.02. The van der Waals surface area contributed by atoms with Crippen LogP contribution in [-0.4, -0.2) is 41.4 Å². The summed E-state index contributed by atoms with van der Waals surface area (Å²) in [7, 11) is 0. The van der Waals surface area contributed by atoms with Crippen LogP contribution < -0.4 is 11.1 Å². The molecule has 2 atom stereocenters. The maximum Gasteiger partial charge on any atom is 0.320 e. The van der Waals surface area contributed by atoms with E-state index >= 15 is 0 Å². The van der Waals surface area contributed by atoms with Crippen molar-refractivity contribution in [3.05, 3.63) is 12.7 Å². The molecule has 0 amide bonds. The number of carboxylic acid groups (broad SMARTS) is 1. The fraction of sp³-hybridized carbons (Fsp3) is 0.667. The molecule has 0 aliphatic rings. The summed E-state index contributed by atoms with van der Waals surface area (Å²) in [5, 5.41) is 20.7. The number of rotatable bonds is 8. The topological polar surface area (TPSA) is 95.6 Å². The monoisotopic (exact) mass is 202 g/mol. The Kier molecular flexibility index (Phi) is 7.00. The molecule has 5 heteroatoms. The van der Waals surface area contributed by atoms with Crippen LogP contribution in [0.2, 0.25) is 0 Å². The van der Waals surface area contributed by atoms with Gasteiger partial charge in [0.05, 0.1) is 6.10 Å². The normalized spacial score (nSPS) is 14.7. The van der Waals surface area contributed by atoms with Gasteiger partial charge < -0.3 is 21.3 Å². The molecule has 0 aromatic heterocycles. The summed E-state index contributed by atoms with van der Waals surface area (Å²) in [6.45, 7) is 4.08. The highest BCUT2D eigenvalue weighted by molar-refractivity contribution is 5.73. The lowest BCUT2D eigenvalue weighted by Gasteiger charge is -2.14. The second-order valence-corrected chi connectivity index (χ2v) is 3.05. The molecule has 0 aromatic carbocycles. The highest BCUT2D eigenvalue weighted by atomic mass is 16.4. The quantitative estimate of drug-likeness (QED) is 0.391. The van der Waals surface area contributed by atoms with Crippen molar-refractivity contribution < 1.29 is 15.0 Å². The fourth-order valence-electron chi connectivity index (χ4n) is 1.02. The molecule has 0 saturated heterocycles. The molecule has 0 unspecified atom stereocenters. The Labute approximate surface area is 83.6 Å². The Bertz CT molecular complexity index is 185. The van der Waals surface area contributed by atoms with Crippen LogP contribution in [0.25, 0.3) is 0 Å². The summed E-state index contributed by atoms with van der Waals surface area (Å²) in [6.07, 6.45) is 1.72. The summed E-state index contributed by atoms with van der Waals surface area (Å²) < 4.78 is 0. The van der Waals surface area contributed by atoms with E-state index in [1.54, 1.807) is 6.08 Å². The number of carboxylic acids is 1. The van der Waals surface area contributed by atoms with Crippen molar-refractivity contribution >= 4 is 5.97 Å². The number of nitrogens with two attached hydrogens (primary N) is 1. The van der Waals surface area contributed by atoms with E-state index in [2.05, 4.69) is 11.9 Å². The molecule has 0 radical (unpaired) electrons. The average molecular weight is 202 g/mol. The molecule has 0 saturated carbocycles. The lowest BCUT2D eigenvalue weighted by Crippen LogP contribution is -2.37. The third-order valence-electron chi connectivity index (χ3n) is 1.87. The SMILES string of the molecule is C=CCN[C@@H](CC[C@@H](O)CN)C(=O)O. The minimum Gasteiger partial charge on any atom is -0.480 e. The van der Waals surface area contributed by atoms with Gasteiger partial charge >= 0.3 is 5.97 Å². The van der Waals surface area contributed by atoms with Crippen LogP contribution in [0.15, 0.2) is 12.7 Å². The summed E-state index contributed by atoms with van der Waals surface area (Å²) in [4.78, 5) is 10.7. The van der Waals surface area contributed by atoms with E-state index in [9.17, 15) is 4.79 Å². The van der Waals surface area contributed by atoms with Gasteiger partial charge in [-0.05, 0) is 12.8 Å². The maximum absolute atomic E-state index is 10.7. The van der Waals surface area contributed by atoms with E-state index in [1.165, 1.54) is 0 Å². The van der Waals surface area contributed by atoms with Gasteiger partial charge in [-0.15, -0.1) is 6.58 Å². The van der Waals surface area contributed by atoms with Gasteiger partial charge in [-0.3, -0.25) is 4.79 Å². The molecule has 0 aromatic rings. The molecule has 0 spiro atoms. The average Bonchev–Trinajstić information content (AvgIpc) is 2.16. The molecule has 0 heterocycles. The maximum atomic E-state index is 10.7. The number of hydrogen-bond acceptors (Lipinski definition) is 4. The van der Waals surface area contributed by atoms with Gasteiger partial charge in [0.15, 0.2) is 0 Å². The summed E-state index contributed by atoms with van der Waals surface area (Å²) in [5.74, 6) is -0.920. The van der Waals surface area contributed by atoms with Crippen LogP contribution >= 0.6 is 0 Å². The summed E-state index contributed by atoms with van der Waals surface area (Å²) in [6, 6.07) is -0.644. The summed E-state index contributed by atoms with van der Waals surface area (Å²) in [5.41, 5.74) is 5.20. The Balaban J connectivity index is 3.84. The third kappa shape index (κ3) is 5.69. The van der Waals surface area contributed by atoms with Crippen molar-refractivity contribution in [1.29, 1.82) is 0 Å². The number of nitrogens with one attached hydrogen (secondary N) is 1. The van der Waals surface area contributed by atoms with Crippen molar-refractivity contribution in [1.82, 2.24) is 5.32 Å². The molecule has 82 valence electrons. The minimum absolute atomic E-state index is 0.161. The molecular weight excluding hydrogens is 184 g/mol. The number of aliphatic hydroxyl groups excluding tert-OH is 1. The number of aliphatic carboxylic acids is 1. The van der Waals surface area contributed by atoms with Crippen molar-refractivity contribution in [2.75, 3.05) is 13.1 Å². The molecule has 0 aliphatic heterocycles. The van der Waals surface area contributed by atoms with E-state index in [-0.39, 0.29) is 6.54 Å². The van der Waals surface area contributed by atoms with Crippen LogP contribution in [0.4, 0.5) is 0 Å². The van der Waals surface area contributed by atoms with E-state index in [0.717, 1.165) is 0 Å². The molecule has 0 fully saturated rings. The predicted molar refractivity (Wildman–Crippen MR) is 53.9 cm³/mol. The third-order valence-corrected chi connectivity index (χ3v) is 1.87.